The second-order valence-corrected chi connectivity index (χ2v) is 5.58. The molecule has 6 nitrogen and oxygen atoms in total. The third-order valence-electron chi connectivity index (χ3n) is 3.98. The second-order valence-electron chi connectivity index (χ2n) is 5.58. The maximum Gasteiger partial charge on any atom is 0.195 e. The zero-order valence-corrected chi connectivity index (χ0v) is 14.4. The van der Waals surface area contributed by atoms with Crippen LogP contribution in [0.5, 0.6) is 0 Å². The molecule has 1 saturated heterocycles. The third-order valence-corrected chi connectivity index (χ3v) is 3.98. The summed E-state index contributed by atoms with van der Waals surface area (Å²) in [4.78, 5) is 16.0. The minimum atomic E-state index is -0.464. The highest BCUT2D eigenvalue weighted by Crippen LogP contribution is 2.30. The summed E-state index contributed by atoms with van der Waals surface area (Å²) < 4.78 is 18.9. The summed E-state index contributed by atoms with van der Waals surface area (Å²) >= 11 is 0. The quantitative estimate of drug-likeness (QED) is 0.688. The molecule has 2 heterocycles. The maximum atomic E-state index is 11.7. The summed E-state index contributed by atoms with van der Waals surface area (Å²) in [5.41, 5.74) is 0.712. The summed E-state index contributed by atoms with van der Waals surface area (Å²) in [6.45, 7) is 8.99. The predicted octanol–water partition coefficient (Wildman–Crippen LogP) is 3.02. The van der Waals surface area contributed by atoms with Gasteiger partial charge in [-0.3, -0.25) is 4.79 Å². The van der Waals surface area contributed by atoms with E-state index in [0.717, 1.165) is 12.8 Å². The van der Waals surface area contributed by atoms with E-state index in [4.69, 9.17) is 14.2 Å². The van der Waals surface area contributed by atoms with Gasteiger partial charge in [-0.05, 0) is 25.8 Å². The van der Waals surface area contributed by atoms with Crippen LogP contribution in [0.2, 0.25) is 0 Å². The molecule has 0 unspecified atom stereocenters. The molecule has 0 N–H and O–H groups in total. The number of ketones is 1. The van der Waals surface area contributed by atoms with Crippen LogP contribution in [0.1, 0.15) is 56.8 Å². The van der Waals surface area contributed by atoms with Gasteiger partial charge in [-0.25, -0.2) is 4.98 Å². The molecule has 2 rings (SSSR count). The van der Waals surface area contributed by atoms with Gasteiger partial charge in [0.15, 0.2) is 17.4 Å². The molecular weight excluding hydrogens is 296 g/mol. The van der Waals surface area contributed by atoms with Crippen LogP contribution in [0.25, 0.3) is 6.08 Å². The Balaban J connectivity index is 2.07. The Labute approximate surface area is 137 Å². The fourth-order valence-corrected chi connectivity index (χ4v) is 2.58. The van der Waals surface area contributed by atoms with E-state index < -0.39 is 5.79 Å². The molecule has 6 heteroatoms. The first-order chi connectivity index (χ1) is 11.0. The number of Topliss-reactive ketones (excluding diaryl/α,β-unsaturated/α-hetero) is 1. The molecule has 0 amide bonds. The first-order valence-electron chi connectivity index (χ1n) is 8.19. The molecule has 0 spiro atoms. The topological polar surface area (TPSA) is 62.6 Å². The smallest absolute Gasteiger partial charge is 0.195 e. The molecule has 1 atom stereocenters. The molecule has 1 aromatic heterocycles. The lowest BCUT2D eigenvalue weighted by Crippen LogP contribution is -2.28. The lowest BCUT2D eigenvalue weighted by atomic mass is 10.1. The zero-order chi connectivity index (χ0) is 16.9. The molecule has 1 aromatic rings. The van der Waals surface area contributed by atoms with Gasteiger partial charge in [0.1, 0.15) is 12.8 Å². The van der Waals surface area contributed by atoms with Crippen molar-refractivity contribution in [1.82, 2.24) is 9.55 Å². The normalized spacial score (nSPS) is 20.4. The minimum absolute atomic E-state index is 0.0826. The largest absolute Gasteiger partial charge is 0.361 e. The van der Waals surface area contributed by atoms with Crippen LogP contribution >= 0.6 is 0 Å². The number of aromatic nitrogens is 2. The Hall–Kier alpha value is -1.50. The van der Waals surface area contributed by atoms with Crippen molar-refractivity contribution in [2.75, 3.05) is 13.2 Å². The van der Waals surface area contributed by atoms with E-state index in [1.807, 2.05) is 25.3 Å². The Morgan fingerprint density at radius 1 is 1.48 bits per heavy atom. The average molecular weight is 322 g/mol. The van der Waals surface area contributed by atoms with E-state index >= 15 is 0 Å². The lowest BCUT2D eigenvalue weighted by molar-refractivity contribution is -0.167. The minimum Gasteiger partial charge on any atom is -0.361 e. The number of hydrogen-bond donors (Lipinski definition) is 0. The van der Waals surface area contributed by atoms with E-state index in [1.54, 1.807) is 4.57 Å². The van der Waals surface area contributed by atoms with Gasteiger partial charge in [0, 0.05) is 19.7 Å². The van der Waals surface area contributed by atoms with Crippen molar-refractivity contribution in [3.63, 3.8) is 0 Å². The van der Waals surface area contributed by atoms with Crippen LogP contribution in [0.15, 0.2) is 12.3 Å². The number of nitrogens with zero attached hydrogens (tertiary/aromatic N) is 2. The first kappa shape index (κ1) is 17.8. The molecule has 0 saturated carbocycles. The first-order valence-corrected chi connectivity index (χ1v) is 8.19. The SMILES string of the molecule is CCOCn1cc(/C=C\[C@H]2COC(CC)(CC)O2)nc1C(C)=O. The van der Waals surface area contributed by atoms with Gasteiger partial charge in [0.05, 0.1) is 12.3 Å². The molecule has 1 fully saturated rings. The predicted molar refractivity (Wildman–Crippen MR) is 87.0 cm³/mol. The van der Waals surface area contributed by atoms with Crippen LogP contribution in [0.3, 0.4) is 0 Å². The second kappa shape index (κ2) is 7.86. The number of hydrogen-bond acceptors (Lipinski definition) is 5. The van der Waals surface area contributed by atoms with E-state index in [2.05, 4.69) is 18.8 Å². The van der Waals surface area contributed by atoms with Gasteiger partial charge in [-0.1, -0.05) is 19.9 Å². The fourth-order valence-electron chi connectivity index (χ4n) is 2.58. The van der Waals surface area contributed by atoms with E-state index in [0.29, 0.717) is 31.5 Å². The Kier molecular flexibility index (Phi) is 6.10. The highest BCUT2D eigenvalue weighted by molar-refractivity contribution is 5.90. The van der Waals surface area contributed by atoms with Crippen LogP contribution in [-0.4, -0.2) is 40.4 Å². The average Bonchev–Trinajstić information content (AvgIpc) is 3.15. The molecule has 0 aromatic carbocycles. The van der Waals surface area contributed by atoms with E-state index in [-0.39, 0.29) is 11.9 Å². The maximum absolute atomic E-state index is 11.7. The summed E-state index contributed by atoms with van der Waals surface area (Å²) in [6.07, 6.45) is 7.17. The van der Waals surface area contributed by atoms with Crippen molar-refractivity contribution in [1.29, 1.82) is 0 Å². The Morgan fingerprint density at radius 3 is 2.78 bits per heavy atom. The van der Waals surface area contributed by atoms with Crippen molar-refractivity contribution in [3.8, 4) is 0 Å². The summed E-state index contributed by atoms with van der Waals surface area (Å²) in [5, 5.41) is 0. The summed E-state index contributed by atoms with van der Waals surface area (Å²) in [7, 11) is 0. The standard InChI is InChI=1S/C17H26N2O4/c1-5-17(6-2)22-11-15(23-17)9-8-14-10-19(12-21-7-3)16(18-14)13(4)20/h8-10,15H,5-7,11-12H2,1-4H3/b9-8-/t15-/m0/s1. The van der Waals surface area contributed by atoms with Crippen LogP contribution < -0.4 is 0 Å². The molecule has 0 radical (unpaired) electrons. The Bertz CT molecular complexity index is 561. The molecule has 1 aliphatic heterocycles. The number of carbonyl (C=O) groups excluding carboxylic acids is 1. The number of rotatable bonds is 8. The molecule has 23 heavy (non-hydrogen) atoms. The van der Waals surface area contributed by atoms with Crippen molar-refractivity contribution in [2.45, 2.75) is 59.2 Å². The summed E-state index contributed by atoms with van der Waals surface area (Å²) in [5.74, 6) is -0.146. The van der Waals surface area contributed by atoms with Crippen molar-refractivity contribution < 1.29 is 19.0 Å². The number of ether oxygens (including phenoxy) is 3. The van der Waals surface area contributed by atoms with Gasteiger partial charge in [0.2, 0.25) is 0 Å². The van der Waals surface area contributed by atoms with E-state index in [9.17, 15) is 4.79 Å². The Morgan fingerprint density at radius 2 is 2.22 bits per heavy atom. The van der Waals surface area contributed by atoms with Crippen LogP contribution in [0, 0.1) is 0 Å². The monoisotopic (exact) mass is 322 g/mol. The highest BCUT2D eigenvalue weighted by atomic mass is 16.7. The van der Waals surface area contributed by atoms with Crippen molar-refractivity contribution in [3.05, 3.63) is 23.8 Å². The molecule has 1 aliphatic rings. The van der Waals surface area contributed by atoms with Gasteiger partial charge >= 0.3 is 0 Å². The van der Waals surface area contributed by atoms with Crippen molar-refractivity contribution >= 4 is 11.9 Å². The van der Waals surface area contributed by atoms with Gasteiger partial charge in [0.25, 0.3) is 0 Å². The molecule has 128 valence electrons. The molecule has 0 aliphatic carbocycles. The van der Waals surface area contributed by atoms with Gasteiger partial charge in [-0.2, -0.15) is 0 Å². The third kappa shape index (κ3) is 4.28. The van der Waals surface area contributed by atoms with Crippen molar-refractivity contribution in [2.24, 2.45) is 0 Å². The van der Waals surface area contributed by atoms with Crippen LogP contribution in [-0.2, 0) is 20.9 Å². The zero-order valence-electron chi connectivity index (χ0n) is 14.4. The summed E-state index contributed by atoms with van der Waals surface area (Å²) in [6, 6.07) is 0. The lowest BCUT2D eigenvalue weighted by Gasteiger charge is -2.24. The fraction of sp³-hybridized carbons (Fsp3) is 0.647. The van der Waals surface area contributed by atoms with Gasteiger partial charge < -0.3 is 18.8 Å². The highest BCUT2D eigenvalue weighted by Gasteiger charge is 2.37. The molecule has 0 bridgehead atoms. The van der Waals surface area contributed by atoms with E-state index in [1.165, 1.54) is 6.92 Å². The number of carbonyl (C=O) groups is 1. The van der Waals surface area contributed by atoms with Gasteiger partial charge in [-0.15, -0.1) is 0 Å². The molecular formula is C17H26N2O4. The van der Waals surface area contributed by atoms with Crippen LogP contribution in [0.4, 0.5) is 0 Å². The number of imidazole rings is 1.